The number of aliphatic hydroxyl groups is 2. The quantitative estimate of drug-likeness (QED) is 0.553. The molecule has 0 bridgehead atoms. The minimum atomic E-state index is -1.09. The number of fused-ring (bicyclic) bond motifs is 3. The highest BCUT2D eigenvalue weighted by Gasteiger charge is 2.79. The highest BCUT2D eigenvalue weighted by atomic mass is 16.7. The van der Waals surface area contributed by atoms with Gasteiger partial charge in [0.25, 0.3) is 0 Å². The van der Waals surface area contributed by atoms with E-state index in [1.807, 2.05) is 0 Å². The van der Waals surface area contributed by atoms with E-state index in [9.17, 15) is 10.2 Å². The normalized spacial score (nSPS) is 52.9. The van der Waals surface area contributed by atoms with Crippen molar-refractivity contribution in [1.29, 1.82) is 0 Å². The van der Waals surface area contributed by atoms with Gasteiger partial charge in [-0.05, 0) is 55.9 Å². The van der Waals surface area contributed by atoms with Gasteiger partial charge in [-0.1, -0.05) is 13.0 Å². The first-order valence-electron chi connectivity index (χ1n) is 11.4. The van der Waals surface area contributed by atoms with Crippen LogP contribution in [0.1, 0.15) is 58.3 Å². The van der Waals surface area contributed by atoms with Gasteiger partial charge in [0.1, 0.15) is 17.3 Å². The van der Waals surface area contributed by atoms with Crippen LogP contribution in [0.3, 0.4) is 0 Å². The molecule has 6 nitrogen and oxygen atoms in total. The van der Waals surface area contributed by atoms with E-state index >= 15 is 0 Å². The SMILES string of the molecule is COCC(O)[C@@]1(O)CCC2C3CC[C@@]45CC6(CC[C@@]4(O5)C3=CC[C@@]21C)OCCO6. The van der Waals surface area contributed by atoms with Crippen molar-refractivity contribution in [3.63, 3.8) is 0 Å². The lowest BCUT2D eigenvalue weighted by atomic mass is 9.52. The summed E-state index contributed by atoms with van der Waals surface area (Å²) in [7, 11) is 1.58. The summed E-state index contributed by atoms with van der Waals surface area (Å²) in [6.07, 6.45) is 8.74. The van der Waals surface area contributed by atoms with E-state index in [0.29, 0.717) is 31.5 Å². The van der Waals surface area contributed by atoms with Crippen LogP contribution in [0.15, 0.2) is 11.6 Å². The Bertz CT molecular complexity index is 746. The second kappa shape index (κ2) is 5.84. The Morgan fingerprint density at radius 1 is 1.17 bits per heavy atom. The monoisotopic (exact) mass is 406 g/mol. The first-order valence-corrected chi connectivity index (χ1v) is 11.4. The van der Waals surface area contributed by atoms with Crippen molar-refractivity contribution < 1.29 is 29.2 Å². The van der Waals surface area contributed by atoms with Crippen LogP contribution in [-0.4, -0.2) is 65.8 Å². The zero-order chi connectivity index (χ0) is 20.1. The van der Waals surface area contributed by atoms with Crippen LogP contribution in [0.25, 0.3) is 0 Å². The zero-order valence-electron chi connectivity index (χ0n) is 17.6. The highest BCUT2D eigenvalue weighted by Crippen LogP contribution is 2.74. The molecule has 0 amide bonds. The molecule has 4 aliphatic carbocycles. The van der Waals surface area contributed by atoms with Crippen LogP contribution < -0.4 is 0 Å². The summed E-state index contributed by atoms with van der Waals surface area (Å²) in [5.41, 5.74) is -0.184. The van der Waals surface area contributed by atoms with E-state index in [4.69, 9.17) is 18.9 Å². The fourth-order valence-corrected chi connectivity index (χ4v) is 8.22. The maximum absolute atomic E-state index is 11.6. The number of ether oxygens (including phenoxy) is 4. The third-order valence-electron chi connectivity index (χ3n) is 9.77. The van der Waals surface area contributed by atoms with Crippen LogP contribution in [0, 0.1) is 17.3 Å². The van der Waals surface area contributed by atoms with E-state index < -0.39 is 17.5 Å². The van der Waals surface area contributed by atoms with Crippen molar-refractivity contribution in [1.82, 2.24) is 0 Å². The lowest BCUT2D eigenvalue weighted by molar-refractivity contribution is -0.186. The Morgan fingerprint density at radius 2 is 1.97 bits per heavy atom. The van der Waals surface area contributed by atoms with Crippen molar-refractivity contribution in [2.75, 3.05) is 26.9 Å². The maximum atomic E-state index is 11.6. The Kier molecular flexibility index (Phi) is 3.87. The fourth-order valence-electron chi connectivity index (χ4n) is 8.22. The molecule has 0 aromatic carbocycles. The molecule has 5 fully saturated rings. The molecule has 6 rings (SSSR count). The molecular weight excluding hydrogens is 372 g/mol. The number of epoxide rings is 1. The van der Waals surface area contributed by atoms with Crippen molar-refractivity contribution >= 4 is 0 Å². The number of allylic oxidation sites excluding steroid dienone is 1. The van der Waals surface area contributed by atoms with Crippen molar-refractivity contribution in [3.8, 4) is 0 Å². The molecule has 0 aromatic rings. The fraction of sp³-hybridized carbons (Fsp3) is 0.913. The van der Waals surface area contributed by atoms with Gasteiger partial charge < -0.3 is 29.2 Å². The molecule has 3 saturated carbocycles. The Labute approximate surface area is 172 Å². The van der Waals surface area contributed by atoms with Crippen molar-refractivity contribution in [2.24, 2.45) is 17.3 Å². The summed E-state index contributed by atoms with van der Waals surface area (Å²) in [4.78, 5) is 0. The van der Waals surface area contributed by atoms with Crippen molar-refractivity contribution in [2.45, 2.75) is 87.0 Å². The molecule has 2 heterocycles. The molecule has 7 atom stereocenters. The number of aliphatic hydroxyl groups excluding tert-OH is 1. The summed E-state index contributed by atoms with van der Waals surface area (Å²) < 4.78 is 23.9. The van der Waals surface area contributed by atoms with Gasteiger partial charge in [-0.2, -0.15) is 0 Å². The second-order valence-corrected chi connectivity index (χ2v) is 10.7. The molecule has 2 aliphatic heterocycles. The standard InChI is InChI=1S/C23H34O6/c1-19-6-4-17-15(16(19)5-8-22(19,25)18(24)13-26-2)3-7-20-14-21(27-11-12-28-21)9-10-23(17,20)29-20/h4,15-16,18,24-25H,3,5-14H2,1-2H3/t15?,16?,18?,19-,20+,22-,23+/m0/s1. The molecule has 2 N–H and O–H groups in total. The minimum absolute atomic E-state index is 0.115. The average Bonchev–Trinajstić information content (AvgIpc) is 3.03. The van der Waals surface area contributed by atoms with Crippen LogP contribution in [0.4, 0.5) is 0 Å². The molecule has 1 spiro atoms. The molecular formula is C23H34O6. The third kappa shape index (κ3) is 2.18. The van der Waals surface area contributed by atoms with E-state index in [2.05, 4.69) is 13.0 Å². The smallest absolute Gasteiger partial charge is 0.171 e. The summed E-state index contributed by atoms with van der Waals surface area (Å²) in [6.45, 7) is 3.74. The maximum Gasteiger partial charge on any atom is 0.171 e. The van der Waals surface area contributed by atoms with Crippen molar-refractivity contribution in [3.05, 3.63) is 11.6 Å². The Morgan fingerprint density at radius 3 is 2.72 bits per heavy atom. The van der Waals surface area contributed by atoms with Gasteiger partial charge in [-0.25, -0.2) is 0 Å². The molecule has 162 valence electrons. The average molecular weight is 407 g/mol. The molecule has 29 heavy (non-hydrogen) atoms. The molecule has 2 saturated heterocycles. The van der Waals surface area contributed by atoms with Gasteiger partial charge in [0, 0.05) is 25.4 Å². The lowest BCUT2D eigenvalue weighted by Crippen LogP contribution is -2.58. The Hall–Kier alpha value is -0.500. The summed E-state index contributed by atoms with van der Waals surface area (Å²) in [5.74, 6) is 0.395. The summed E-state index contributed by atoms with van der Waals surface area (Å²) in [6, 6.07) is 0. The summed E-state index contributed by atoms with van der Waals surface area (Å²) >= 11 is 0. The van der Waals surface area contributed by atoms with Crippen LogP contribution in [0.2, 0.25) is 0 Å². The van der Waals surface area contributed by atoms with Gasteiger partial charge >= 0.3 is 0 Å². The highest BCUT2D eigenvalue weighted by molar-refractivity contribution is 5.43. The van der Waals surface area contributed by atoms with Gasteiger partial charge in [0.2, 0.25) is 0 Å². The van der Waals surface area contributed by atoms with Gasteiger partial charge in [0.15, 0.2) is 5.79 Å². The van der Waals surface area contributed by atoms with E-state index in [0.717, 1.165) is 44.9 Å². The van der Waals surface area contributed by atoms with Crippen LogP contribution in [-0.2, 0) is 18.9 Å². The number of hydrogen-bond donors (Lipinski definition) is 2. The predicted octanol–water partition coefficient (Wildman–Crippen LogP) is 2.32. The lowest BCUT2D eigenvalue weighted by Gasteiger charge is -2.53. The van der Waals surface area contributed by atoms with Gasteiger partial charge in [-0.3, -0.25) is 0 Å². The predicted molar refractivity (Wildman–Crippen MR) is 104 cm³/mol. The topological polar surface area (TPSA) is 80.7 Å². The third-order valence-corrected chi connectivity index (χ3v) is 9.77. The Balaban J connectivity index is 1.31. The molecule has 6 heteroatoms. The number of methoxy groups -OCH3 is 1. The van der Waals surface area contributed by atoms with Crippen LogP contribution >= 0.6 is 0 Å². The molecule has 0 radical (unpaired) electrons. The molecule has 3 unspecified atom stereocenters. The van der Waals surface area contributed by atoms with E-state index in [1.165, 1.54) is 5.57 Å². The second-order valence-electron chi connectivity index (χ2n) is 10.7. The molecule has 0 aromatic heterocycles. The number of hydrogen-bond acceptors (Lipinski definition) is 6. The largest absolute Gasteiger partial charge is 0.388 e. The van der Waals surface area contributed by atoms with E-state index in [1.54, 1.807) is 7.11 Å². The zero-order valence-corrected chi connectivity index (χ0v) is 17.6. The van der Waals surface area contributed by atoms with E-state index in [-0.39, 0.29) is 23.2 Å². The number of rotatable bonds is 3. The van der Waals surface area contributed by atoms with Gasteiger partial charge in [-0.15, -0.1) is 0 Å². The minimum Gasteiger partial charge on any atom is -0.388 e. The summed E-state index contributed by atoms with van der Waals surface area (Å²) in [5, 5.41) is 22.3. The first kappa shape index (κ1) is 19.2. The van der Waals surface area contributed by atoms with Gasteiger partial charge in [0.05, 0.1) is 25.4 Å². The first-order chi connectivity index (χ1) is 13.8. The van der Waals surface area contributed by atoms with Crippen LogP contribution in [0.5, 0.6) is 0 Å². The molecule has 6 aliphatic rings.